The lowest BCUT2D eigenvalue weighted by atomic mass is 10.1. The lowest BCUT2D eigenvalue weighted by Crippen LogP contribution is -2.27. The molecule has 0 saturated heterocycles. The summed E-state index contributed by atoms with van der Waals surface area (Å²) in [5.74, 6) is -0.0158. The Bertz CT molecular complexity index is 376. The number of aryl methyl sites for hydroxylation is 1. The maximum absolute atomic E-state index is 11.1. The molecule has 0 fully saturated rings. The first-order chi connectivity index (χ1) is 6.16. The Kier molecular flexibility index (Phi) is 1.88. The van der Waals surface area contributed by atoms with E-state index in [0.29, 0.717) is 11.6 Å². The second-order valence-corrected chi connectivity index (χ2v) is 3.48. The first kappa shape index (κ1) is 8.38. The first-order valence-electron chi connectivity index (χ1n) is 4.00. The number of halogens is 1. The zero-order chi connectivity index (χ0) is 9.42. The summed E-state index contributed by atoms with van der Waals surface area (Å²) in [7, 11) is 0. The highest BCUT2D eigenvalue weighted by Crippen LogP contribution is 2.31. The summed E-state index contributed by atoms with van der Waals surface area (Å²) in [5.41, 5.74) is 2.70. The van der Waals surface area contributed by atoms with Crippen LogP contribution in [0.25, 0.3) is 0 Å². The minimum absolute atomic E-state index is 0.0158. The van der Waals surface area contributed by atoms with E-state index in [4.69, 9.17) is 11.6 Å². The molecule has 1 aliphatic rings. The summed E-state index contributed by atoms with van der Waals surface area (Å²) in [4.78, 5) is 11.1. The standard InChI is InChI=1S/C9H9ClN2O/c1-5-2-6(10)3-7-9(5)12-8(13)4-11-7/h2-3,11H,4H2,1H3,(H,12,13). The smallest absolute Gasteiger partial charge is 0.243 e. The topological polar surface area (TPSA) is 41.1 Å². The van der Waals surface area contributed by atoms with Crippen molar-refractivity contribution >= 4 is 28.9 Å². The van der Waals surface area contributed by atoms with Crippen molar-refractivity contribution in [2.75, 3.05) is 17.2 Å². The van der Waals surface area contributed by atoms with Crippen molar-refractivity contribution in [3.05, 3.63) is 22.7 Å². The number of benzene rings is 1. The van der Waals surface area contributed by atoms with Crippen LogP contribution in [0.4, 0.5) is 11.4 Å². The van der Waals surface area contributed by atoms with Gasteiger partial charge in [-0.3, -0.25) is 4.79 Å². The fourth-order valence-corrected chi connectivity index (χ4v) is 1.68. The number of anilines is 2. The molecule has 1 amide bonds. The van der Waals surface area contributed by atoms with Crippen LogP contribution in [0.15, 0.2) is 12.1 Å². The third-order valence-electron chi connectivity index (χ3n) is 2.00. The maximum atomic E-state index is 11.1. The molecule has 0 radical (unpaired) electrons. The van der Waals surface area contributed by atoms with Gasteiger partial charge in [-0.1, -0.05) is 11.6 Å². The zero-order valence-corrected chi connectivity index (χ0v) is 7.90. The molecule has 1 aliphatic heterocycles. The number of fused-ring (bicyclic) bond motifs is 1. The number of carbonyl (C=O) groups excluding carboxylic acids is 1. The molecule has 0 bridgehead atoms. The molecule has 1 heterocycles. The normalized spacial score (nSPS) is 14.5. The lowest BCUT2D eigenvalue weighted by Gasteiger charge is -2.20. The molecule has 0 unspecified atom stereocenters. The summed E-state index contributed by atoms with van der Waals surface area (Å²) in [6, 6.07) is 3.64. The zero-order valence-electron chi connectivity index (χ0n) is 7.15. The Labute approximate surface area is 81.1 Å². The summed E-state index contributed by atoms with van der Waals surface area (Å²) in [5, 5.41) is 6.47. The van der Waals surface area contributed by atoms with Crippen LogP contribution in [0, 0.1) is 6.92 Å². The molecule has 2 N–H and O–H groups in total. The maximum Gasteiger partial charge on any atom is 0.243 e. The highest BCUT2D eigenvalue weighted by Gasteiger charge is 2.15. The van der Waals surface area contributed by atoms with E-state index in [-0.39, 0.29) is 5.91 Å². The molecule has 0 aliphatic carbocycles. The van der Waals surface area contributed by atoms with Crippen molar-refractivity contribution in [2.24, 2.45) is 0 Å². The van der Waals surface area contributed by atoms with Crippen LogP contribution in [-0.2, 0) is 4.79 Å². The van der Waals surface area contributed by atoms with Crippen LogP contribution in [0.5, 0.6) is 0 Å². The number of carbonyl (C=O) groups is 1. The van der Waals surface area contributed by atoms with E-state index >= 15 is 0 Å². The van der Waals surface area contributed by atoms with Crippen molar-refractivity contribution in [3.63, 3.8) is 0 Å². The molecule has 3 nitrogen and oxygen atoms in total. The second kappa shape index (κ2) is 2.92. The van der Waals surface area contributed by atoms with E-state index in [2.05, 4.69) is 10.6 Å². The predicted molar refractivity (Wildman–Crippen MR) is 53.3 cm³/mol. The van der Waals surface area contributed by atoms with Gasteiger partial charge in [0.15, 0.2) is 0 Å². The SMILES string of the molecule is Cc1cc(Cl)cc2c1NC(=O)CN2. The summed E-state index contributed by atoms with van der Waals surface area (Å²) in [6.07, 6.45) is 0. The van der Waals surface area contributed by atoms with Gasteiger partial charge in [0.25, 0.3) is 0 Å². The largest absolute Gasteiger partial charge is 0.374 e. The van der Waals surface area contributed by atoms with Crippen LogP contribution in [-0.4, -0.2) is 12.5 Å². The van der Waals surface area contributed by atoms with Crippen LogP contribution in [0.2, 0.25) is 5.02 Å². The van der Waals surface area contributed by atoms with Gasteiger partial charge < -0.3 is 10.6 Å². The van der Waals surface area contributed by atoms with Crippen molar-refractivity contribution < 1.29 is 4.79 Å². The van der Waals surface area contributed by atoms with Crippen LogP contribution >= 0.6 is 11.6 Å². The predicted octanol–water partition coefficient (Wildman–Crippen LogP) is 2.01. The minimum Gasteiger partial charge on any atom is -0.374 e. The van der Waals surface area contributed by atoms with E-state index in [0.717, 1.165) is 16.9 Å². The van der Waals surface area contributed by atoms with Crippen LogP contribution in [0.3, 0.4) is 0 Å². The first-order valence-corrected chi connectivity index (χ1v) is 4.38. The van der Waals surface area contributed by atoms with Gasteiger partial charge in [0, 0.05) is 5.02 Å². The molecule has 0 saturated carbocycles. The lowest BCUT2D eigenvalue weighted by molar-refractivity contribution is -0.114. The van der Waals surface area contributed by atoms with Crippen molar-refractivity contribution in [1.29, 1.82) is 0 Å². The fourth-order valence-electron chi connectivity index (χ4n) is 1.41. The molecule has 13 heavy (non-hydrogen) atoms. The molecule has 0 atom stereocenters. The minimum atomic E-state index is -0.0158. The van der Waals surface area contributed by atoms with Crippen molar-refractivity contribution in [3.8, 4) is 0 Å². The van der Waals surface area contributed by atoms with E-state index in [1.807, 2.05) is 19.1 Å². The third kappa shape index (κ3) is 1.47. The summed E-state index contributed by atoms with van der Waals surface area (Å²) >= 11 is 5.87. The molecule has 68 valence electrons. The fraction of sp³-hybridized carbons (Fsp3) is 0.222. The Balaban J connectivity index is 2.53. The van der Waals surface area contributed by atoms with Gasteiger partial charge in [-0.2, -0.15) is 0 Å². The summed E-state index contributed by atoms with van der Waals surface area (Å²) in [6.45, 7) is 2.23. The van der Waals surface area contributed by atoms with Crippen molar-refractivity contribution in [1.82, 2.24) is 0 Å². The van der Waals surface area contributed by atoms with Gasteiger partial charge in [0.05, 0.1) is 17.9 Å². The van der Waals surface area contributed by atoms with Crippen LogP contribution in [0.1, 0.15) is 5.56 Å². The molecule has 1 aromatic carbocycles. The molecule has 4 heteroatoms. The van der Waals surface area contributed by atoms with Gasteiger partial charge in [-0.15, -0.1) is 0 Å². The molecule has 2 rings (SSSR count). The molecular weight excluding hydrogens is 188 g/mol. The highest BCUT2D eigenvalue weighted by atomic mass is 35.5. The Morgan fingerprint density at radius 3 is 3.00 bits per heavy atom. The Morgan fingerprint density at radius 1 is 1.46 bits per heavy atom. The number of rotatable bonds is 0. The Morgan fingerprint density at radius 2 is 2.23 bits per heavy atom. The molecule has 0 spiro atoms. The number of hydrogen-bond donors (Lipinski definition) is 2. The van der Waals surface area contributed by atoms with Gasteiger partial charge >= 0.3 is 0 Å². The molecular formula is C9H9ClN2O. The average Bonchev–Trinajstić information content (AvgIpc) is 2.06. The monoisotopic (exact) mass is 196 g/mol. The molecule has 1 aromatic rings. The van der Waals surface area contributed by atoms with E-state index in [1.165, 1.54) is 0 Å². The van der Waals surface area contributed by atoms with Gasteiger partial charge in [0.1, 0.15) is 0 Å². The molecule has 0 aromatic heterocycles. The Hall–Kier alpha value is -1.22. The number of nitrogens with one attached hydrogen (secondary N) is 2. The van der Waals surface area contributed by atoms with Gasteiger partial charge in [0.2, 0.25) is 5.91 Å². The van der Waals surface area contributed by atoms with E-state index < -0.39 is 0 Å². The number of amides is 1. The second-order valence-electron chi connectivity index (χ2n) is 3.05. The van der Waals surface area contributed by atoms with E-state index in [1.54, 1.807) is 0 Å². The van der Waals surface area contributed by atoms with Gasteiger partial charge in [-0.25, -0.2) is 0 Å². The third-order valence-corrected chi connectivity index (χ3v) is 2.22. The highest BCUT2D eigenvalue weighted by molar-refractivity contribution is 6.31. The average molecular weight is 197 g/mol. The quantitative estimate of drug-likeness (QED) is 0.667. The van der Waals surface area contributed by atoms with Crippen molar-refractivity contribution in [2.45, 2.75) is 6.92 Å². The van der Waals surface area contributed by atoms with Gasteiger partial charge in [-0.05, 0) is 24.6 Å². The summed E-state index contributed by atoms with van der Waals surface area (Å²) < 4.78 is 0. The number of hydrogen-bond acceptors (Lipinski definition) is 2. The van der Waals surface area contributed by atoms with E-state index in [9.17, 15) is 4.79 Å². The van der Waals surface area contributed by atoms with Crippen LogP contribution < -0.4 is 10.6 Å².